The molecule has 0 aromatic carbocycles. The lowest BCUT2D eigenvalue weighted by atomic mass is 10.1. The lowest BCUT2D eigenvalue weighted by molar-refractivity contribution is 0.176. The van der Waals surface area contributed by atoms with Crippen molar-refractivity contribution >= 4 is 28.7 Å². The van der Waals surface area contributed by atoms with Gasteiger partial charge < -0.3 is 15.7 Å². The molecule has 2 amide bonds. The van der Waals surface area contributed by atoms with E-state index in [1.807, 2.05) is 24.4 Å². The fraction of sp³-hybridized carbons (Fsp3) is 0.400. The number of aryl methyl sites for hydroxylation is 2. The molecule has 0 spiro atoms. The average Bonchev–Trinajstić information content (AvgIpc) is 3.05. The molecule has 0 bridgehead atoms. The molecule has 2 aromatic heterocycles. The first-order chi connectivity index (χ1) is 9.97. The van der Waals surface area contributed by atoms with Gasteiger partial charge in [-0.1, -0.05) is 6.07 Å². The molecule has 0 radical (unpaired) electrons. The molecule has 0 saturated heterocycles. The Morgan fingerprint density at radius 1 is 1.43 bits per heavy atom. The van der Waals surface area contributed by atoms with E-state index in [2.05, 4.69) is 30.5 Å². The maximum absolute atomic E-state index is 11.9. The van der Waals surface area contributed by atoms with Gasteiger partial charge in [-0.3, -0.25) is 0 Å². The molecule has 4 nitrogen and oxygen atoms in total. The molecule has 0 aliphatic rings. The largest absolute Gasteiger partial charge is 0.386 e. The van der Waals surface area contributed by atoms with Gasteiger partial charge in [-0.05, 0) is 43.8 Å². The van der Waals surface area contributed by atoms with Crippen LogP contribution in [0.5, 0.6) is 0 Å². The van der Waals surface area contributed by atoms with Crippen molar-refractivity contribution < 1.29 is 9.90 Å². The van der Waals surface area contributed by atoms with Crippen molar-refractivity contribution in [3.8, 4) is 0 Å². The van der Waals surface area contributed by atoms with Crippen LogP contribution in [0, 0.1) is 13.8 Å². The fourth-order valence-corrected chi connectivity index (χ4v) is 3.91. The second kappa shape index (κ2) is 7.06. The summed E-state index contributed by atoms with van der Waals surface area (Å²) in [7, 11) is 0. The molecule has 2 aromatic rings. The molecule has 3 N–H and O–H groups in total. The molecular formula is C15H20N2O2S2. The summed E-state index contributed by atoms with van der Waals surface area (Å²) in [4.78, 5) is 15.2. The molecule has 0 aliphatic carbocycles. The predicted octanol–water partition coefficient (Wildman–Crippen LogP) is 3.52. The highest BCUT2D eigenvalue weighted by atomic mass is 32.1. The Hall–Kier alpha value is -1.37. The van der Waals surface area contributed by atoms with Gasteiger partial charge in [0, 0.05) is 14.6 Å². The van der Waals surface area contributed by atoms with E-state index in [4.69, 9.17) is 0 Å². The number of carbonyl (C=O) groups excluding carboxylic acids is 1. The zero-order chi connectivity index (χ0) is 15.4. The zero-order valence-corrected chi connectivity index (χ0v) is 14.0. The maximum atomic E-state index is 11.9. The van der Waals surface area contributed by atoms with Gasteiger partial charge in [0.1, 0.15) is 6.10 Å². The minimum atomic E-state index is -0.656. The van der Waals surface area contributed by atoms with Gasteiger partial charge in [0.05, 0.1) is 12.6 Å². The van der Waals surface area contributed by atoms with Crippen LogP contribution in [-0.2, 0) is 0 Å². The summed E-state index contributed by atoms with van der Waals surface area (Å²) in [6.45, 7) is 6.29. The number of thiophene rings is 2. The molecule has 0 fully saturated rings. The van der Waals surface area contributed by atoms with Crippen LogP contribution in [0.25, 0.3) is 0 Å². The fourth-order valence-electron chi connectivity index (χ4n) is 2.18. The third-order valence-electron chi connectivity index (χ3n) is 3.22. The van der Waals surface area contributed by atoms with Gasteiger partial charge in [0.15, 0.2) is 0 Å². The summed E-state index contributed by atoms with van der Waals surface area (Å²) in [6.07, 6.45) is -0.656. The first-order valence-corrected chi connectivity index (χ1v) is 8.49. The summed E-state index contributed by atoms with van der Waals surface area (Å²) in [5.41, 5.74) is 1.14. The summed E-state index contributed by atoms with van der Waals surface area (Å²) in [5.74, 6) is 0. The minimum Gasteiger partial charge on any atom is -0.386 e. The van der Waals surface area contributed by atoms with Crippen molar-refractivity contribution in [2.45, 2.75) is 32.9 Å². The molecule has 2 atom stereocenters. The number of hydrogen-bond donors (Lipinski definition) is 3. The average molecular weight is 324 g/mol. The standard InChI is InChI=1S/C15H20N2O2S2/c1-9-7-12(11(3)21-9)10(2)17-15(19)16-8-13(18)14-5-4-6-20-14/h4-7,10,13,18H,8H2,1-3H3,(H2,16,17,19)/t10-,13-/m0/s1. The third kappa shape index (κ3) is 4.30. The summed E-state index contributed by atoms with van der Waals surface area (Å²) < 4.78 is 0. The smallest absolute Gasteiger partial charge is 0.315 e. The predicted molar refractivity (Wildman–Crippen MR) is 88.0 cm³/mol. The van der Waals surface area contributed by atoms with Crippen molar-refractivity contribution in [3.05, 3.63) is 43.8 Å². The lowest BCUT2D eigenvalue weighted by Gasteiger charge is -2.16. The number of urea groups is 1. The minimum absolute atomic E-state index is 0.0474. The molecule has 114 valence electrons. The second-order valence-corrected chi connectivity index (χ2v) is 7.42. The molecule has 0 aliphatic heterocycles. The summed E-state index contributed by atoms with van der Waals surface area (Å²) in [6, 6.07) is 5.53. The van der Waals surface area contributed by atoms with E-state index < -0.39 is 6.10 Å². The Labute approximate surface area is 132 Å². The van der Waals surface area contributed by atoms with Crippen LogP contribution in [0.15, 0.2) is 23.6 Å². The molecule has 21 heavy (non-hydrogen) atoms. The third-order valence-corrected chi connectivity index (χ3v) is 5.18. The number of hydrogen-bond acceptors (Lipinski definition) is 4. The van der Waals surface area contributed by atoms with Crippen molar-refractivity contribution in [2.24, 2.45) is 0 Å². The monoisotopic (exact) mass is 324 g/mol. The number of aliphatic hydroxyl groups is 1. The number of nitrogens with one attached hydrogen (secondary N) is 2. The molecule has 0 unspecified atom stereocenters. The number of aliphatic hydroxyl groups excluding tert-OH is 1. The summed E-state index contributed by atoms with van der Waals surface area (Å²) in [5, 5.41) is 17.4. The molecule has 2 rings (SSSR count). The van der Waals surface area contributed by atoms with Gasteiger partial charge in [0.2, 0.25) is 0 Å². The van der Waals surface area contributed by atoms with Crippen molar-refractivity contribution in [2.75, 3.05) is 6.54 Å². The van der Waals surface area contributed by atoms with E-state index in [1.165, 1.54) is 21.1 Å². The quantitative estimate of drug-likeness (QED) is 0.788. The first kappa shape index (κ1) is 16.0. The highest BCUT2D eigenvalue weighted by Crippen LogP contribution is 2.26. The Balaban J connectivity index is 1.83. The van der Waals surface area contributed by atoms with Crippen LogP contribution < -0.4 is 10.6 Å². The van der Waals surface area contributed by atoms with E-state index in [0.29, 0.717) is 0 Å². The van der Waals surface area contributed by atoms with Crippen LogP contribution in [0.3, 0.4) is 0 Å². The summed E-state index contributed by atoms with van der Waals surface area (Å²) >= 11 is 3.21. The Morgan fingerprint density at radius 2 is 2.19 bits per heavy atom. The van der Waals surface area contributed by atoms with Gasteiger partial charge in [-0.25, -0.2) is 4.79 Å². The normalized spacial score (nSPS) is 13.7. The first-order valence-electron chi connectivity index (χ1n) is 6.80. The molecule has 6 heteroatoms. The number of rotatable bonds is 5. The highest BCUT2D eigenvalue weighted by Gasteiger charge is 2.15. The van der Waals surface area contributed by atoms with Gasteiger partial charge in [-0.15, -0.1) is 22.7 Å². The van der Waals surface area contributed by atoms with Crippen LogP contribution in [-0.4, -0.2) is 17.7 Å². The highest BCUT2D eigenvalue weighted by molar-refractivity contribution is 7.12. The number of carbonyl (C=O) groups is 1. The zero-order valence-electron chi connectivity index (χ0n) is 12.3. The van der Waals surface area contributed by atoms with Gasteiger partial charge >= 0.3 is 6.03 Å². The van der Waals surface area contributed by atoms with Crippen LogP contribution in [0.2, 0.25) is 0 Å². The van der Waals surface area contributed by atoms with Crippen molar-refractivity contribution in [3.63, 3.8) is 0 Å². The van der Waals surface area contributed by atoms with E-state index in [1.54, 1.807) is 11.3 Å². The van der Waals surface area contributed by atoms with E-state index in [0.717, 1.165) is 10.4 Å². The van der Waals surface area contributed by atoms with E-state index in [-0.39, 0.29) is 18.6 Å². The second-order valence-electron chi connectivity index (χ2n) is 4.98. The molecule has 2 heterocycles. The molecule has 0 saturated carbocycles. The van der Waals surface area contributed by atoms with E-state index in [9.17, 15) is 9.90 Å². The molecular weight excluding hydrogens is 304 g/mol. The lowest BCUT2D eigenvalue weighted by Crippen LogP contribution is -2.39. The Morgan fingerprint density at radius 3 is 2.76 bits per heavy atom. The Kier molecular flexibility index (Phi) is 5.39. The van der Waals surface area contributed by atoms with Crippen molar-refractivity contribution in [1.29, 1.82) is 0 Å². The SMILES string of the molecule is Cc1cc([C@H](C)NC(=O)NC[C@H](O)c2cccs2)c(C)s1. The number of amides is 2. The van der Waals surface area contributed by atoms with Gasteiger partial charge in [0.25, 0.3) is 0 Å². The van der Waals surface area contributed by atoms with Crippen LogP contribution >= 0.6 is 22.7 Å². The van der Waals surface area contributed by atoms with Crippen LogP contribution in [0.4, 0.5) is 4.79 Å². The van der Waals surface area contributed by atoms with Gasteiger partial charge in [-0.2, -0.15) is 0 Å². The van der Waals surface area contributed by atoms with Crippen molar-refractivity contribution in [1.82, 2.24) is 10.6 Å². The maximum Gasteiger partial charge on any atom is 0.315 e. The topological polar surface area (TPSA) is 61.4 Å². The van der Waals surface area contributed by atoms with E-state index >= 15 is 0 Å². The van der Waals surface area contributed by atoms with Crippen LogP contribution in [0.1, 0.15) is 39.3 Å². The Bertz CT molecular complexity index is 593.